The van der Waals surface area contributed by atoms with Crippen molar-refractivity contribution in [3.63, 3.8) is 0 Å². The van der Waals surface area contributed by atoms with Crippen molar-refractivity contribution < 1.29 is 13.2 Å². The molecule has 2 aromatic carbocycles. The molecule has 7 heteroatoms. The van der Waals surface area contributed by atoms with Crippen molar-refractivity contribution in [3.05, 3.63) is 46.9 Å². The van der Waals surface area contributed by atoms with Crippen LogP contribution < -0.4 is 15.2 Å². The molecule has 0 aliphatic carbocycles. The van der Waals surface area contributed by atoms with E-state index in [0.29, 0.717) is 28.2 Å². The molecule has 0 fully saturated rings. The Hall–Kier alpha value is -1.73. The normalized spacial score (nSPS) is 11.1. The average Bonchev–Trinajstić information content (AvgIpc) is 2.42. The smallest absolute Gasteiger partial charge is 0.261 e. The first-order chi connectivity index (χ1) is 9.92. The third-order valence-electron chi connectivity index (χ3n) is 2.68. The summed E-state index contributed by atoms with van der Waals surface area (Å²) in [5.74, 6) is 0.608. The molecule has 0 aliphatic heterocycles. The van der Waals surface area contributed by atoms with Crippen molar-refractivity contribution in [3.8, 4) is 5.75 Å². The summed E-state index contributed by atoms with van der Waals surface area (Å²) in [4.78, 5) is 0.130. The summed E-state index contributed by atoms with van der Waals surface area (Å²) in [5.41, 5.74) is 6.58. The van der Waals surface area contributed by atoms with E-state index in [2.05, 4.69) is 20.7 Å². The van der Waals surface area contributed by atoms with Gasteiger partial charge in [-0.3, -0.25) is 4.72 Å². The van der Waals surface area contributed by atoms with E-state index in [-0.39, 0.29) is 4.90 Å². The molecule has 0 saturated heterocycles. The molecule has 5 nitrogen and oxygen atoms in total. The van der Waals surface area contributed by atoms with Gasteiger partial charge in [0.25, 0.3) is 10.0 Å². The number of hydrogen-bond acceptors (Lipinski definition) is 4. The summed E-state index contributed by atoms with van der Waals surface area (Å²) >= 11 is 3.22. The second-order valence-electron chi connectivity index (χ2n) is 4.25. The van der Waals surface area contributed by atoms with Crippen LogP contribution in [0.25, 0.3) is 0 Å². The Morgan fingerprint density at radius 2 is 2.00 bits per heavy atom. The fraction of sp³-hybridized carbons (Fsp3) is 0.143. The zero-order valence-electron chi connectivity index (χ0n) is 11.3. The number of rotatable bonds is 5. The fourth-order valence-corrected chi connectivity index (χ4v) is 3.31. The molecule has 2 aromatic rings. The highest BCUT2D eigenvalue weighted by molar-refractivity contribution is 9.10. The van der Waals surface area contributed by atoms with E-state index in [0.717, 1.165) is 0 Å². The lowest BCUT2D eigenvalue weighted by molar-refractivity contribution is 0.340. The van der Waals surface area contributed by atoms with Crippen LogP contribution in [0.5, 0.6) is 5.75 Å². The largest absolute Gasteiger partial charge is 0.494 e. The van der Waals surface area contributed by atoms with Gasteiger partial charge in [-0.05, 0) is 53.2 Å². The van der Waals surface area contributed by atoms with E-state index < -0.39 is 10.0 Å². The average molecular weight is 371 g/mol. The Bertz CT molecular complexity index is 748. The molecule has 0 spiro atoms. The summed E-state index contributed by atoms with van der Waals surface area (Å²) in [6.45, 7) is 2.38. The van der Waals surface area contributed by atoms with Crippen LogP contribution in [0.3, 0.4) is 0 Å². The predicted molar refractivity (Wildman–Crippen MR) is 87.0 cm³/mol. The molecule has 2 rings (SSSR count). The SMILES string of the molecule is CCOc1cccc(NS(=O)(=O)c2ccc(N)c(Br)c2)c1. The zero-order chi connectivity index (χ0) is 15.5. The monoisotopic (exact) mass is 370 g/mol. The lowest BCUT2D eigenvalue weighted by atomic mass is 10.3. The zero-order valence-corrected chi connectivity index (χ0v) is 13.7. The number of nitrogen functional groups attached to an aromatic ring is 1. The van der Waals surface area contributed by atoms with Crippen LogP contribution in [0.15, 0.2) is 51.8 Å². The van der Waals surface area contributed by atoms with Crippen LogP contribution in [-0.2, 0) is 10.0 Å². The minimum atomic E-state index is -3.68. The van der Waals surface area contributed by atoms with Gasteiger partial charge < -0.3 is 10.5 Å². The molecule has 0 heterocycles. The van der Waals surface area contributed by atoms with Crippen molar-refractivity contribution in [2.24, 2.45) is 0 Å². The fourth-order valence-electron chi connectivity index (χ4n) is 1.71. The van der Waals surface area contributed by atoms with E-state index in [9.17, 15) is 8.42 Å². The van der Waals surface area contributed by atoms with Gasteiger partial charge in [0.2, 0.25) is 0 Å². The van der Waals surface area contributed by atoms with E-state index >= 15 is 0 Å². The second-order valence-corrected chi connectivity index (χ2v) is 6.79. The highest BCUT2D eigenvalue weighted by Gasteiger charge is 2.15. The summed E-state index contributed by atoms with van der Waals surface area (Å²) in [6.07, 6.45) is 0. The van der Waals surface area contributed by atoms with Crippen LogP contribution in [-0.4, -0.2) is 15.0 Å². The number of nitrogens with two attached hydrogens (primary N) is 1. The molecule has 0 aliphatic rings. The maximum atomic E-state index is 12.3. The predicted octanol–water partition coefficient (Wildman–Crippen LogP) is 3.23. The Balaban J connectivity index is 2.28. The van der Waals surface area contributed by atoms with Crippen molar-refractivity contribution in [2.75, 3.05) is 17.1 Å². The van der Waals surface area contributed by atoms with Gasteiger partial charge >= 0.3 is 0 Å². The van der Waals surface area contributed by atoms with Crippen LogP contribution >= 0.6 is 15.9 Å². The number of halogens is 1. The number of nitrogens with one attached hydrogen (secondary N) is 1. The Kier molecular flexibility index (Phi) is 4.74. The number of hydrogen-bond donors (Lipinski definition) is 2. The number of ether oxygens (including phenoxy) is 1. The first-order valence-electron chi connectivity index (χ1n) is 6.23. The van der Waals surface area contributed by atoms with E-state index in [1.807, 2.05) is 6.92 Å². The van der Waals surface area contributed by atoms with E-state index in [1.54, 1.807) is 24.3 Å². The third-order valence-corrected chi connectivity index (χ3v) is 4.75. The highest BCUT2D eigenvalue weighted by atomic mass is 79.9. The van der Waals surface area contributed by atoms with Crippen LogP contribution in [0.4, 0.5) is 11.4 Å². The topological polar surface area (TPSA) is 81.4 Å². The van der Waals surface area contributed by atoms with Crippen molar-refractivity contribution in [1.29, 1.82) is 0 Å². The first-order valence-corrected chi connectivity index (χ1v) is 8.50. The van der Waals surface area contributed by atoms with Gasteiger partial charge in [0.05, 0.1) is 17.2 Å². The molecule has 112 valence electrons. The summed E-state index contributed by atoms with van der Waals surface area (Å²) in [7, 11) is -3.68. The van der Waals surface area contributed by atoms with Gasteiger partial charge in [-0.15, -0.1) is 0 Å². The van der Waals surface area contributed by atoms with Crippen molar-refractivity contribution >= 4 is 37.3 Å². The molecule has 0 saturated carbocycles. The minimum absolute atomic E-state index is 0.130. The molecule has 0 unspecified atom stereocenters. The third kappa shape index (κ3) is 3.89. The Labute approximate surface area is 132 Å². The molecule has 0 bridgehead atoms. The molecule has 21 heavy (non-hydrogen) atoms. The van der Waals surface area contributed by atoms with Crippen molar-refractivity contribution in [1.82, 2.24) is 0 Å². The van der Waals surface area contributed by atoms with Gasteiger partial charge in [-0.2, -0.15) is 0 Å². The van der Waals surface area contributed by atoms with E-state index in [1.165, 1.54) is 18.2 Å². The quantitative estimate of drug-likeness (QED) is 0.791. The van der Waals surface area contributed by atoms with Crippen LogP contribution in [0.2, 0.25) is 0 Å². The van der Waals surface area contributed by atoms with Crippen LogP contribution in [0, 0.1) is 0 Å². The summed E-state index contributed by atoms with van der Waals surface area (Å²) < 4.78 is 33.0. The van der Waals surface area contributed by atoms with Gasteiger partial charge in [0.15, 0.2) is 0 Å². The van der Waals surface area contributed by atoms with Gasteiger partial charge in [-0.1, -0.05) is 6.07 Å². The highest BCUT2D eigenvalue weighted by Crippen LogP contribution is 2.25. The van der Waals surface area contributed by atoms with Gasteiger partial charge in [-0.25, -0.2) is 8.42 Å². The molecular formula is C14H15BrN2O3S. The first kappa shape index (κ1) is 15.7. The second kappa shape index (κ2) is 6.36. The Morgan fingerprint density at radius 3 is 2.67 bits per heavy atom. The number of anilines is 2. The molecule has 0 atom stereocenters. The molecule has 3 N–H and O–H groups in total. The van der Waals surface area contributed by atoms with Gasteiger partial charge in [0, 0.05) is 16.2 Å². The standard InChI is InChI=1S/C14H15BrN2O3S/c1-2-20-11-5-3-4-10(8-11)17-21(18,19)12-6-7-14(16)13(15)9-12/h3-9,17H,2,16H2,1H3. The number of sulfonamides is 1. The minimum Gasteiger partial charge on any atom is -0.494 e. The molecular weight excluding hydrogens is 356 g/mol. The van der Waals surface area contributed by atoms with E-state index in [4.69, 9.17) is 10.5 Å². The van der Waals surface area contributed by atoms with Crippen LogP contribution in [0.1, 0.15) is 6.92 Å². The van der Waals surface area contributed by atoms with Gasteiger partial charge in [0.1, 0.15) is 5.75 Å². The lowest BCUT2D eigenvalue weighted by Gasteiger charge is -2.10. The summed E-state index contributed by atoms with van der Waals surface area (Å²) in [5, 5.41) is 0. The molecule has 0 amide bonds. The maximum absolute atomic E-state index is 12.3. The number of benzene rings is 2. The molecule has 0 aromatic heterocycles. The summed E-state index contributed by atoms with van der Waals surface area (Å²) in [6, 6.07) is 11.2. The maximum Gasteiger partial charge on any atom is 0.261 e. The molecule has 0 radical (unpaired) electrons. The lowest BCUT2D eigenvalue weighted by Crippen LogP contribution is -2.13. The Morgan fingerprint density at radius 1 is 1.24 bits per heavy atom. The van der Waals surface area contributed by atoms with Crippen molar-refractivity contribution in [2.45, 2.75) is 11.8 Å².